The van der Waals surface area contributed by atoms with Crippen LogP contribution in [0.2, 0.25) is 0 Å². The lowest BCUT2D eigenvalue weighted by molar-refractivity contribution is -0.121. The lowest BCUT2D eigenvalue weighted by Crippen LogP contribution is -2.33. The van der Waals surface area contributed by atoms with E-state index in [4.69, 9.17) is 0 Å². The van der Waals surface area contributed by atoms with Gasteiger partial charge in [-0.25, -0.2) is 0 Å². The first-order valence-corrected chi connectivity index (χ1v) is 6.83. The van der Waals surface area contributed by atoms with Gasteiger partial charge < -0.3 is 10.6 Å². The lowest BCUT2D eigenvalue weighted by Gasteiger charge is -2.15. The van der Waals surface area contributed by atoms with Gasteiger partial charge in [0.25, 0.3) is 0 Å². The zero-order chi connectivity index (χ0) is 11.6. The van der Waals surface area contributed by atoms with Crippen molar-refractivity contribution in [2.75, 3.05) is 13.1 Å². The van der Waals surface area contributed by atoms with Crippen LogP contribution in [0.4, 0.5) is 0 Å². The quantitative estimate of drug-likeness (QED) is 0.682. The summed E-state index contributed by atoms with van der Waals surface area (Å²) in [4.78, 5) is 11.4. The van der Waals surface area contributed by atoms with Gasteiger partial charge in [0.15, 0.2) is 0 Å². The fourth-order valence-corrected chi connectivity index (χ4v) is 2.23. The van der Waals surface area contributed by atoms with Gasteiger partial charge in [-0.3, -0.25) is 4.79 Å². The van der Waals surface area contributed by atoms with E-state index in [0.29, 0.717) is 12.5 Å². The molecule has 0 aromatic rings. The Bertz CT molecular complexity index is 186. The number of hydrogen-bond acceptors (Lipinski definition) is 2. The minimum Gasteiger partial charge on any atom is -0.356 e. The molecule has 1 aliphatic carbocycles. The van der Waals surface area contributed by atoms with Crippen molar-refractivity contribution < 1.29 is 4.79 Å². The van der Waals surface area contributed by atoms with E-state index >= 15 is 0 Å². The molecule has 0 spiro atoms. The van der Waals surface area contributed by atoms with E-state index in [1.165, 1.54) is 38.5 Å². The third-order valence-electron chi connectivity index (χ3n) is 3.21. The number of nitrogens with one attached hydrogen (secondary N) is 2. The third-order valence-corrected chi connectivity index (χ3v) is 3.21. The fourth-order valence-electron chi connectivity index (χ4n) is 2.23. The maximum atomic E-state index is 11.4. The maximum absolute atomic E-state index is 11.4. The lowest BCUT2D eigenvalue weighted by atomic mass is 10.1. The summed E-state index contributed by atoms with van der Waals surface area (Å²) >= 11 is 0. The number of hydrogen-bond donors (Lipinski definition) is 2. The second kappa shape index (κ2) is 8.57. The van der Waals surface area contributed by atoms with Crippen LogP contribution in [-0.2, 0) is 4.79 Å². The molecule has 1 aliphatic rings. The highest BCUT2D eigenvalue weighted by atomic mass is 16.1. The molecule has 0 heterocycles. The van der Waals surface area contributed by atoms with Crippen molar-refractivity contribution in [3.05, 3.63) is 0 Å². The van der Waals surface area contributed by atoms with Crippen LogP contribution < -0.4 is 10.6 Å². The molecule has 3 nitrogen and oxygen atoms in total. The molecule has 0 unspecified atom stereocenters. The summed E-state index contributed by atoms with van der Waals surface area (Å²) in [6, 6.07) is 0.654. The average molecular weight is 226 g/mol. The minimum absolute atomic E-state index is 0.183. The van der Waals surface area contributed by atoms with Gasteiger partial charge in [-0.05, 0) is 19.3 Å². The smallest absolute Gasteiger partial charge is 0.221 e. The molecule has 0 bridgehead atoms. The molecule has 1 rings (SSSR count). The predicted molar refractivity (Wildman–Crippen MR) is 67.4 cm³/mol. The van der Waals surface area contributed by atoms with E-state index < -0.39 is 0 Å². The van der Waals surface area contributed by atoms with Crippen molar-refractivity contribution in [2.24, 2.45) is 0 Å². The number of carbonyl (C=O) groups is 1. The van der Waals surface area contributed by atoms with E-state index in [1.807, 2.05) is 0 Å². The van der Waals surface area contributed by atoms with Gasteiger partial charge in [0.05, 0.1) is 0 Å². The standard InChI is InChI=1S/C13H26N2O/c1-2-10-15-13(16)9-11-14-12-7-5-3-4-6-8-12/h12,14H,2-11H2,1H3,(H,15,16). The topological polar surface area (TPSA) is 41.1 Å². The highest BCUT2D eigenvalue weighted by Crippen LogP contribution is 2.16. The summed E-state index contributed by atoms with van der Waals surface area (Å²) in [7, 11) is 0. The third kappa shape index (κ3) is 6.11. The predicted octanol–water partition coefficient (Wildman–Crippen LogP) is 2.22. The molecule has 0 aromatic heterocycles. The molecule has 1 fully saturated rings. The van der Waals surface area contributed by atoms with Gasteiger partial charge in [0.2, 0.25) is 5.91 Å². The number of carbonyl (C=O) groups excluding carboxylic acids is 1. The molecule has 0 atom stereocenters. The molecule has 0 radical (unpaired) electrons. The molecular weight excluding hydrogens is 200 g/mol. The number of amides is 1. The molecule has 94 valence electrons. The first-order valence-electron chi connectivity index (χ1n) is 6.83. The Kier molecular flexibility index (Phi) is 7.23. The highest BCUT2D eigenvalue weighted by molar-refractivity contribution is 5.75. The first-order chi connectivity index (χ1) is 7.83. The Balaban J connectivity index is 2.02. The molecule has 16 heavy (non-hydrogen) atoms. The van der Waals surface area contributed by atoms with Crippen LogP contribution in [0.3, 0.4) is 0 Å². The van der Waals surface area contributed by atoms with E-state index in [1.54, 1.807) is 0 Å². The van der Waals surface area contributed by atoms with Gasteiger partial charge in [-0.2, -0.15) is 0 Å². The minimum atomic E-state index is 0.183. The molecule has 0 aromatic carbocycles. The van der Waals surface area contributed by atoms with Gasteiger partial charge in [-0.1, -0.05) is 32.6 Å². The van der Waals surface area contributed by atoms with Crippen molar-refractivity contribution in [1.29, 1.82) is 0 Å². The summed E-state index contributed by atoms with van der Waals surface area (Å²) in [5.41, 5.74) is 0. The Morgan fingerprint density at radius 2 is 1.81 bits per heavy atom. The fraction of sp³-hybridized carbons (Fsp3) is 0.923. The van der Waals surface area contributed by atoms with Crippen LogP contribution in [-0.4, -0.2) is 25.0 Å². The van der Waals surface area contributed by atoms with Gasteiger partial charge >= 0.3 is 0 Å². The van der Waals surface area contributed by atoms with Crippen LogP contribution >= 0.6 is 0 Å². The van der Waals surface area contributed by atoms with Crippen LogP contribution in [0.1, 0.15) is 58.3 Å². The van der Waals surface area contributed by atoms with Crippen molar-refractivity contribution in [3.8, 4) is 0 Å². The molecule has 0 aliphatic heterocycles. The zero-order valence-corrected chi connectivity index (χ0v) is 10.6. The van der Waals surface area contributed by atoms with Crippen LogP contribution in [0.15, 0.2) is 0 Å². The first kappa shape index (κ1) is 13.5. The molecular formula is C13H26N2O. The average Bonchev–Trinajstić information content (AvgIpc) is 2.55. The summed E-state index contributed by atoms with van der Waals surface area (Å²) in [5.74, 6) is 0.183. The molecule has 0 saturated heterocycles. The highest BCUT2D eigenvalue weighted by Gasteiger charge is 2.11. The second-order valence-electron chi connectivity index (χ2n) is 4.74. The maximum Gasteiger partial charge on any atom is 0.221 e. The second-order valence-corrected chi connectivity index (χ2v) is 4.74. The normalized spacial score (nSPS) is 18.1. The van der Waals surface area contributed by atoms with Crippen molar-refractivity contribution >= 4 is 5.91 Å². The van der Waals surface area contributed by atoms with Crippen LogP contribution in [0.25, 0.3) is 0 Å². The van der Waals surface area contributed by atoms with Crippen LogP contribution in [0, 0.1) is 0 Å². The van der Waals surface area contributed by atoms with Crippen molar-refractivity contribution in [2.45, 2.75) is 64.3 Å². The van der Waals surface area contributed by atoms with E-state index in [2.05, 4.69) is 17.6 Å². The van der Waals surface area contributed by atoms with E-state index in [-0.39, 0.29) is 5.91 Å². The summed E-state index contributed by atoms with van der Waals surface area (Å²) in [6.45, 7) is 3.71. The van der Waals surface area contributed by atoms with E-state index in [9.17, 15) is 4.79 Å². The summed E-state index contributed by atoms with van der Waals surface area (Å²) in [6.07, 6.45) is 9.68. The van der Waals surface area contributed by atoms with Gasteiger partial charge in [0, 0.05) is 25.6 Å². The Hall–Kier alpha value is -0.570. The van der Waals surface area contributed by atoms with Crippen LogP contribution in [0.5, 0.6) is 0 Å². The Labute approximate surface area is 99.4 Å². The van der Waals surface area contributed by atoms with Crippen molar-refractivity contribution in [3.63, 3.8) is 0 Å². The largest absolute Gasteiger partial charge is 0.356 e. The molecule has 2 N–H and O–H groups in total. The van der Waals surface area contributed by atoms with Crippen molar-refractivity contribution in [1.82, 2.24) is 10.6 Å². The monoisotopic (exact) mass is 226 g/mol. The van der Waals surface area contributed by atoms with E-state index in [0.717, 1.165) is 19.5 Å². The van der Waals surface area contributed by atoms with Gasteiger partial charge in [0.1, 0.15) is 0 Å². The van der Waals surface area contributed by atoms with Gasteiger partial charge in [-0.15, -0.1) is 0 Å². The Morgan fingerprint density at radius 3 is 2.44 bits per heavy atom. The summed E-state index contributed by atoms with van der Waals surface area (Å²) < 4.78 is 0. The summed E-state index contributed by atoms with van der Waals surface area (Å²) in [5, 5.41) is 6.41. The molecule has 3 heteroatoms. The number of rotatable bonds is 6. The molecule has 1 amide bonds. The Morgan fingerprint density at radius 1 is 1.12 bits per heavy atom. The SMILES string of the molecule is CCCNC(=O)CCNC1CCCCCC1. The molecule has 1 saturated carbocycles. The zero-order valence-electron chi connectivity index (χ0n) is 10.6.